The summed E-state index contributed by atoms with van der Waals surface area (Å²) in [5.74, 6) is 4.36. The Balaban J connectivity index is 0.000000271. The highest BCUT2D eigenvalue weighted by molar-refractivity contribution is 8.01. The number of nitrogens with one attached hydrogen (secondary N) is 8. The first-order valence-electron chi connectivity index (χ1n) is 46.8. The molecule has 119 heavy (non-hydrogen) atoms. The van der Waals surface area contributed by atoms with E-state index in [0.717, 1.165) is 209 Å². The minimum Gasteiger partial charge on any atom is -0.478 e. The second-order valence-electron chi connectivity index (χ2n) is 35.3. The lowest BCUT2D eigenvalue weighted by Gasteiger charge is -2.22. The van der Waals surface area contributed by atoms with Gasteiger partial charge in [0.25, 0.3) is 0 Å². The van der Waals surface area contributed by atoms with Crippen LogP contribution in [0.15, 0.2) is 48.5 Å². The second-order valence-corrected chi connectivity index (χ2v) is 40.4. The van der Waals surface area contributed by atoms with Gasteiger partial charge in [-0.25, -0.2) is 28.8 Å². The van der Waals surface area contributed by atoms with Crippen LogP contribution in [0, 0.1) is 0 Å². The molecule has 26 heteroatoms. The predicted molar refractivity (Wildman–Crippen MR) is 485 cm³/mol. The maximum atomic E-state index is 12.4. The number of aromatic carboxylic acids is 1. The summed E-state index contributed by atoms with van der Waals surface area (Å²) < 4.78 is 4.88. The van der Waals surface area contributed by atoms with Gasteiger partial charge in [-0.15, -0.1) is 0 Å². The number of fused-ring (bicyclic) bond motifs is 4. The Hall–Kier alpha value is -5.54. The molecule has 8 fully saturated rings. The molecule has 0 aliphatic carbocycles. The molecule has 0 saturated carbocycles. The summed E-state index contributed by atoms with van der Waals surface area (Å²) in [5.41, 5.74) is 3.29. The minimum absolute atomic E-state index is 0.0331. The third kappa shape index (κ3) is 37.0. The fourth-order valence-corrected chi connectivity index (χ4v) is 24.8. The first-order valence-corrected chi connectivity index (χ1v) is 51.0. The molecule has 2 aromatic carbocycles. The molecule has 12 unspecified atom stereocenters. The van der Waals surface area contributed by atoms with Crippen LogP contribution in [0.4, 0.5) is 19.2 Å². The second kappa shape index (κ2) is 56.4. The summed E-state index contributed by atoms with van der Waals surface area (Å²) in [7, 11) is 1.42. The third-order valence-electron chi connectivity index (χ3n) is 25.6. The lowest BCUT2D eigenvalue weighted by Crippen LogP contribution is -2.36. The number of hydrogen-bond acceptors (Lipinski definition) is 17. The van der Waals surface area contributed by atoms with Crippen molar-refractivity contribution >= 4 is 106 Å². The van der Waals surface area contributed by atoms with Crippen LogP contribution < -0.4 is 42.5 Å². The number of methoxy groups -OCH3 is 1. The Labute approximate surface area is 729 Å². The standard InChI is InChI=1S/C47H75N5O6S2.C46H73N5O6S2/c1-58-45(55)36-28-26-35(27-29-36)32-52(30-18-10-6-2-4-8-12-20-37(53)22-14-16-24-41-43-39(33-59-41)48-46(56)50-43)31-19-11-7-3-5-9-13-21-38(54)23-15-17-25-42-44-40(34-60-42)49-47(57)51-44;52-36(21-13-15-23-40-42-38(32-58-40)47-45(56)49-42)19-11-7-3-1-5-9-17-29-51(31-34-25-27-35(28-26-34)44(54)55)30-18-10-6-2-4-8-12-20-37(53)22-14-16-24-41-43-39(33-59-41)48-46(57)50-43/h26-29,39-44H,2-25,30-34H2,1H3,(H2,48,50,56)(H2,49,51,57);25-28,38-43H,1-24,29-33H2,(H,54,55)(H2,47,49,56)(H2,48,50,57). The summed E-state index contributed by atoms with van der Waals surface area (Å²) in [6.07, 6.45) is 50.5. The molecular formula is C93H148N10O12S4. The Morgan fingerprint density at radius 3 is 0.765 bits per heavy atom. The molecule has 2 aromatic rings. The largest absolute Gasteiger partial charge is 0.478 e. The average molecular weight is 1730 g/mol. The minimum atomic E-state index is -0.891. The van der Waals surface area contributed by atoms with Crippen molar-refractivity contribution in [3.8, 4) is 0 Å². The third-order valence-corrected chi connectivity index (χ3v) is 31.7. The molecule has 10 rings (SSSR count). The van der Waals surface area contributed by atoms with E-state index in [1.165, 1.54) is 128 Å². The van der Waals surface area contributed by atoms with Crippen LogP contribution in [0.25, 0.3) is 0 Å². The zero-order valence-electron chi connectivity index (χ0n) is 72.0. The number of ketones is 4. The summed E-state index contributed by atoms with van der Waals surface area (Å²) in [5, 5.41) is 35.4. The van der Waals surface area contributed by atoms with Crippen molar-refractivity contribution in [1.29, 1.82) is 0 Å². The van der Waals surface area contributed by atoms with Crippen molar-refractivity contribution in [2.24, 2.45) is 0 Å². The molecule has 8 saturated heterocycles. The number of urea groups is 4. The number of ether oxygens (including phenoxy) is 1. The van der Waals surface area contributed by atoms with Crippen molar-refractivity contribution in [3.05, 3.63) is 70.8 Å². The zero-order chi connectivity index (χ0) is 84.0. The number of carboxylic acid groups (broad SMARTS) is 1. The van der Waals surface area contributed by atoms with Gasteiger partial charge in [0.15, 0.2) is 0 Å². The van der Waals surface area contributed by atoms with E-state index in [1.54, 1.807) is 12.1 Å². The lowest BCUT2D eigenvalue weighted by atomic mass is 10.0. The number of carboxylic acids is 1. The van der Waals surface area contributed by atoms with Gasteiger partial charge in [0.2, 0.25) is 0 Å². The number of thioether (sulfide) groups is 4. The molecule has 0 bridgehead atoms. The molecule has 8 aliphatic heterocycles. The molecule has 8 amide bonds. The molecule has 8 aliphatic rings. The number of carbonyl (C=O) groups excluding carboxylic acids is 9. The molecule has 9 N–H and O–H groups in total. The van der Waals surface area contributed by atoms with Gasteiger partial charge in [-0.1, -0.05) is 178 Å². The Bertz CT molecular complexity index is 3220. The molecule has 12 atom stereocenters. The Morgan fingerprint density at radius 2 is 0.529 bits per heavy atom. The van der Waals surface area contributed by atoms with E-state index < -0.39 is 5.97 Å². The quantitative estimate of drug-likeness (QED) is 0.0169. The Morgan fingerprint density at radius 1 is 0.311 bits per heavy atom. The SMILES string of the molecule is COC(=O)c1ccc(CN(CCCCCCCCCC(=O)CCCCC2SCC3NC(=O)NC32)CCCCCCCCCC(=O)CCCCC2SCC3NC(=O)NC32)cc1.O=C(CCCCCCCCCN(CCCCCCCCCC(=O)CCCCC1SCC2NC(=O)NC21)Cc1ccc(C(=O)O)cc1)CCCCC1SCC2NC(=O)NC21. The van der Waals surface area contributed by atoms with E-state index >= 15 is 0 Å². The van der Waals surface area contributed by atoms with E-state index in [9.17, 15) is 53.1 Å². The highest BCUT2D eigenvalue weighted by Gasteiger charge is 2.46. The van der Waals surface area contributed by atoms with Gasteiger partial charge in [-0.05, 0) is 164 Å². The highest BCUT2D eigenvalue weighted by atomic mass is 32.2. The van der Waals surface area contributed by atoms with E-state index in [1.807, 2.05) is 83.4 Å². The molecule has 22 nitrogen and oxygen atoms in total. The van der Waals surface area contributed by atoms with Crippen LogP contribution >= 0.6 is 47.0 Å². The van der Waals surface area contributed by atoms with Crippen LogP contribution in [0.1, 0.15) is 340 Å². The number of hydrogen-bond donors (Lipinski definition) is 9. The topological polar surface area (TPSA) is 303 Å². The molecular weight excluding hydrogens is 1580 g/mol. The van der Waals surface area contributed by atoms with Crippen LogP contribution in [-0.4, -0.2) is 200 Å². The van der Waals surface area contributed by atoms with Gasteiger partial charge >= 0.3 is 36.1 Å². The van der Waals surface area contributed by atoms with Crippen molar-refractivity contribution in [3.63, 3.8) is 0 Å². The summed E-state index contributed by atoms with van der Waals surface area (Å²) in [4.78, 5) is 124. The summed E-state index contributed by atoms with van der Waals surface area (Å²) in [6, 6.07) is 17.1. The van der Waals surface area contributed by atoms with E-state index in [4.69, 9.17) is 4.74 Å². The zero-order valence-corrected chi connectivity index (χ0v) is 75.3. The summed E-state index contributed by atoms with van der Waals surface area (Å²) in [6.45, 7) is 5.97. The van der Waals surface area contributed by atoms with Gasteiger partial charge in [0.05, 0.1) is 66.6 Å². The van der Waals surface area contributed by atoms with Crippen molar-refractivity contribution in [2.45, 2.75) is 391 Å². The number of nitrogens with zero attached hydrogens (tertiary/aromatic N) is 2. The van der Waals surface area contributed by atoms with Crippen LogP contribution in [0.5, 0.6) is 0 Å². The van der Waals surface area contributed by atoms with E-state index in [-0.39, 0.29) is 78.4 Å². The van der Waals surface area contributed by atoms with Gasteiger partial charge < -0.3 is 52.4 Å². The molecule has 666 valence electrons. The van der Waals surface area contributed by atoms with Crippen molar-refractivity contribution in [1.82, 2.24) is 52.3 Å². The number of Topliss-reactive ketones (excluding diaryl/α,β-unsaturated/α-hetero) is 4. The molecule has 0 radical (unpaired) electrons. The number of amides is 8. The first-order chi connectivity index (χ1) is 58.0. The van der Waals surface area contributed by atoms with Crippen LogP contribution in [0.3, 0.4) is 0 Å². The number of esters is 1. The lowest BCUT2D eigenvalue weighted by molar-refractivity contribution is -0.120. The maximum Gasteiger partial charge on any atom is 0.337 e. The monoisotopic (exact) mass is 1730 g/mol. The van der Waals surface area contributed by atoms with Crippen molar-refractivity contribution < 1.29 is 57.8 Å². The number of rotatable bonds is 66. The Kier molecular flexibility index (Phi) is 46.1. The van der Waals surface area contributed by atoms with Gasteiger partial charge in [0.1, 0.15) is 23.1 Å². The summed E-state index contributed by atoms with van der Waals surface area (Å²) >= 11 is 7.78. The maximum absolute atomic E-state index is 12.4. The van der Waals surface area contributed by atoms with Gasteiger partial charge in [-0.3, -0.25) is 29.0 Å². The molecule has 0 aromatic heterocycles. The normalized spacial score (nSPS) is 23.0. The van der Waals surface area contributed by atoms with E-state index in [2.05, 4.69) is 52.3 Å². The van der Waals surface area contributed by atoms with E-state index in [0.29, 0.717) is 107 Å². The highest BCUT2D eigenvalue weighted by Crippen LogP contribution is 2.37. The van der Waals surface area contributed by atoms with Crippen LogP contribution in [0.2, 0.25) is 0 Å². The average Bonchev–Trinajstić information content (AvgIpc) is 1.69. The van der Waals surface area contributed by atoms with Crippen molar-refractivity contribution in [2.75, 3.05) is 56.3 Å². The number of benzene rings is 2. The predicted octanol–water partition coefficient (Wildman–Crippen LogP) is 18.1. The van der Waals surface area contributed by atoms with Gasteiger partial charge in [0, 0.05) is 108 Å². The number of unbranched alkanes of at least 4 members (excludes halogenated alkanes) is 28. The fraction of sp³-hybridized carbons (Fsp3) is 0.763. The molecule has 0 spiro atoms. The fourth-order valence-electron chi connectivity index (χ4n) is 18.6. The molecule has 8 heterocycles. The number of carbonyl (C=O) groups is 10. The van der Waals surface area contributed by atoms with Crippen LogP contribution in [-0.2, 0) is 37.0 Å². The smallest absolute Gasteiger partial charge is 0.337 e. The van der Waals surface area contributed by atoms with Gasteiger partial charge in [-0.2, -0.15) is 47.0 Å². The first kappa shape index (κ1) is 97.3.